The summed E-state index contributed by atoms with van der Waals surface area (Å²) >= 11 is 0. The second-order valence-corrected chi connectivity index (χ2v) is 5.73. The minimum absolute atomic E-state index is 0.359. The van der Waals surface area contributed by atoms with Gasteiger partial charge < -0.3 is 18.7 Å². The molecule has 8 nitrogen and oxygen atoms in total. The number of hydrogen-bond donors (Lipinski definition) is 0. The van der Waals surface area contributed by atoms with Gasteiger partial charge in [0, 0.05) is 32.3 Å². The van der Waals surface area contributed by atoms with Gasteiger partial charge in [0.25, 0.3) is 0 Å². The van der Waals surface area contributed by atoms with Crippen molar-refractivity contribution in [2.45, 2.75) is 26.7 Å². The molecule has 0 amide bonds. The maximum Gasteiger partial charge on any atom is 0.338 e. The van der Waals surface area contributed by atoms with Crippen molar-refractivity contribution in [2.75, 3.05) is 27.4 Å². The number of esters is 2. The molecular formula is C20H26N2O6. The van der Waals surface area contributed by atoms with E-state index >= 15 is 0 Å². The predicted molar refractivity (Wildman–Crippen MR) is 103 cm³/mol. The smallest absolute Gasteiger partial charge is 0.338 e. The number of benzene rings is 1. The number of unbranched alkanes of at least 4 members (excludes halogenated alkanes) is 1. The number of rotatable bonds is 8. The molecule has 0 atom stereocenters. The van der Waals surface area contributed by atoms with E-state index in [2.05, 4.69) is 16.7 Å². The van der Waals surface area contributed by atoms with Crippen LogP contribution in [0.2, 0.25) is 0 Å². The first kappa shape index (κ1) is 23.0. The Bertz CT molecular complexity index is 785. The highest BCUT2D eigenvalue weighted by Crippen LogP contribution is 2.20. The Morgan fingerprint density at radius 3 is 2.46 bits per heavy atom. The molecule has 2 rings (SSSR count). The van der Waals surface area contributed by atoms with Crippen LogP contribution >= 0.6 is 0 Å². The second kappa shape index (κ2) is 12.4. The molecule has 0 bridgehead atoms. The fourth-order valence-corrected chi connectivity index (χ4v) is 2.09. The molecule has 0 saturated carbocycles. The molecule has 0 N–H and O–H groups in total. The third-order valence-electron chi connectivity index (χ3n) is 3.58. The molecule has 0 aliphatic carbocycles. The lowest BCUT2D eigenvalue weighted by atomic mass is 10.0. The summed E-state index contributed by atoms with van der Waals surface area (Å²) in [7, 11) is 3.00. The van der Waals surface area contributed by atoms with Gasteiger partial charge in [-0.3, -0.25) is 0 Å². The molecule has 0 aliphatic heterocycles. The van der Waals surface area contributed by atoms with Crippen LogP contribution in [-0.4, -0.2) is 49.5 Å². The number of carbonyl (C=O) groups is 2. The van der Waals surface area contributed by atoms with Gasteiger partial charge in [-0.2, -0.15) is 4.98 Å². The van der Waals surface area contributed by atoms with Crippen LogP contribution in [0.1, 0.15) is 34.7 Å². The molecule has 0 spiro atoms. The zero-order valence-electron chi connectivity index (χ0n) is 16.7. The van der Waals surface area contributed by atoms with Gasteiger partial charge in [-0.25, -0.2) is 9.59 Å². The zero-order valence-corrected chi connectivity index (χ0v) is 16.7. The molecule has 1 aromatic heterocycles. The topological polar surface area (TPSA) is 101 Å². The molecule has 1 heterocycles. The first-order valence-electron chi connectivity index (χ1n) is 8.70. The van der Waals surface area contributed by atoms with Gasteiger partial charge in [-0.1, -0.05) is 23.9 Å². The molecule has 2 aromatic rings. The third kappa shape index (κ3) is 7.71. The van der Waals surface area contributed by atoms with Gasteiger partial charge in [0.1, 0.15) is 0 Å². The quantitative estimate of drug-likeness (QED) is 0.384. The average molecular weight is 390 g/mol. The maximum atomic E-state index is 11.5. The lowest BCUT2D eigenvalue weighted by Crippen LogP contribution is -2.04. The van der Waals surface area contributed by atoms with E-state index in [-0.39, 0.29) is 11.9 Å². The molecule has 8 heteroatoms. The van der Waals surface area contributed by atoms with Crippen LogP contribution in [0.4, 0.5) is 0 Å². The van der Waals surface area contributed by atoms with Gasteiger partial charge in [0.2, 0.25) is 11.7 Å². The van der Waals surface area contributed by atoms with Gasteiger partial charge in [0.05, 0.1) is 19.3 Å². The Morgan fingerprint density at radius 1 is 1.18 bits per heavy atom. The summed E-state index contributed by atoms with van der Waals surface area (Å²) < 4.78 is 19.1. The first-order chi connectivity index (χ1) is 13.4. The van der Waals surface area contributed by atoms with Crippen molar-refractivity contribution in [3.8, 4) is 11.4 Å². The van der Waals surface area contributed by atoms with Crippen LogP contribution in [0.3, 0.4) is 0 Å². The van der Waals surface area contributed by atoms with Crippen molar-refractivity contribution in [3.05, 3.63) is 47.9 Å². The molecule has 152 valence electrons. The van der Waals surface area contributed by atoms with Crippen molar-refractivity contribution in [3.63, 3.8) is 0 Å². The molecular weight excluding hydrogens is 364 g/mol. The van der Waals surface area contributed by atoms with Crippen molar-refractivity contribution in [1.29, 1.82) is 0 Å². The van der Waals surface area contributed by atoms with Crippen LogP contribution in [0.15, 0.2) is 35.4 Å². The van der Waals surface area contributed by atoms with Crippen LogP contribution in [0.25, 0.3) is 11.4 Å². The standard InChI is InChI=1S/C12H12N2O3.C8H14O3/c1-7-4-5-9(6-10(7)12(15)16-3)11-13-8(2)17-14-11;1-3-8(9)11-7-5-4-6-10-2/h4-6H,1-3H3;3H,1,4-7H2,2H3. The van der Waals surface area contributed by atoms with Gasteiger partial charge in [0.15, 0.2) is 0 Å². The zero-order chi connectivity index (χ0) is 20.9. The Kier molecular flexibility index (Phi) is 10.2. The van der Waals surface area contributed by atoms with Gasteiger partial charge in [-0.15, -0.1) is 0 Å². The van der Waals surface area contributed by atoms with E-state index in [0.29, 0.717) is 30.5 Å². The predicted octanol–water partition coefficient (Wildman–Crippen LogP) is 3.28. The number of aryl methyl sites for hydroxylation is 2. The molecule has 0 saturated heterocycles. The number of hydrogen-bond acceptors (Lipinski definition) is 8. The summed E-state index contributed by atoms with van der Waals surface area (Å²) in [5.41, 5.74) is 2.08. The van der Waals surface area contributed by atoms with Crippen molar-refractivity contribution in [1.82, 2.24) is 10.1 Å². The molecule has 0 aliphatic rings. The van der Waals surface area contributed by atoms with Gasteiger partial charge >= 0.3 is 11.9 Å². The maximum absolute atomic E-state index is 11.5. The van der Waals surface area contributed by atoms with E-state index in [1.165, 1.54) is 7.11 Å². The number of ether oxygens (including phenoxy) is 3. The highest BCUT2D eigenvalue weighted by molar-refractivity contribution is 5.92. The first-order valence-corrected chi connectivity index (χ1v) is 8.70. The third-order valence-corrected chi connectivity index (χ3v) is 3.58. The summed E-state index contributed by atoms with van der Waals surface area (Å²) in [6.45, 7) is 8.00. The van der Waals surface area contributed by atoms with Crippen LogP contribution in [0, 0.1) is 13.8 Å². The molecule has 0 fully saturated rings. The van der Waals surface area contributed by atoms with Crippen LogP contribution in [0.5, 0.6) is 0 Å². The Labute approximate surface area is 164 Å². The van der Waals surface area contributed by atoms with E-state index in [9.17, 15) is 9.59 Å². The largest absolute Gasteiger partial charge is 0.465 e. The lowest BCUT2D eigenvalue weighted by Gasteiger charge is -2.04. The molecule has 1 aromatic carbocycles. The molecule has 0 radical (unpaired) electrons. The molecule has 28 heavy (non-hydrogen) atoms. The summed E-state index contributed by atoms with van der Waals surface area (Å²) in [6.07, 6.45) is 2.92. The van der Waals surface area contributed by atoms with Crippen LogP contribution in [-0.2, 0) is 19.0 Å². The van der Waals surface area contributed by atoms with Gasteiger partial charge in [-0.05, 0) is 31.4 Å². The summed E-state index contributed by atoms with van der Waals surface area (Å²) in [4.78, 5) is 26.1. The highest BCUT2D eigenvalue weighted by atomic mass is 16.5. The number of aromatic nitrogens is 2. The Balaban J connectivity index is 0.000000311. The van der Waals surface area contributed by atoms with E-state index in [0.717, 1.165) is 30.0 Å². The monoisotopic (exact) mass is 390 g/mol. The Morgan fingerprint density at radius 2 is 1.89 bits per heavy atom. The van der Waals surface area contributed by atoms with E-state index in [1.54, 1.807) is 20.1 Å². The van der Waals surface area contributed by atoms with Crippen molar-refractivity contribution < 1.29 is 28.3 Å². The van der Waals surface area contributed by atoms with Crippen LogP contribution < -0.4 is 0 Å². The number of carbonyl (C=O) groups excluding carboxylic acids is 2. The number of nitrogens with zero attached hydrogens (tertiary/aromatic N) is 2. The van der Waals surface area contributed by atoms with E-state index in [1.807, 2.05) is 19.1 Å². The SMILES string of the molecule is C=CC(=O)OCCCCOC.COC(=O)c1cc(-c2noc(C)n2)ccc1C. The van der Waals surface area contributed by atoms with Crippen molar-refractivity contribution >= 4 is 11.9 Å². The fraction of sp³-hybridized carbons (Fsp3) is 0.400. The van der Waals surface area contributed by atoms with E-state index in [4.69, 9.17) is 18.7 Å². The summed E-state index contributed by atoms with van der Waals surface area (Å²) in [6, 6.07) is 5.37. The van der Waals surface area contributed by atoms with E-state index < -0.39 is 0 Å². The minimum Gasteiger partial charge on any atom is -0.465 e. The second-order valence-electron chi connectivity index (χ2n) is 5.73. The Hall–Kier alpha value is -3.00. The fourth-order valence-electron chi connectivity index (χ4n) is 2.09. The summed E-state index contributed by atoms with van der Waals surface area (Å²) in [5.74, 6) is 0.222. The minimum atomic E-state index is -0.371. The highest BCUT2D eigenvalue weighted by Gasteiger charge is 2.13. The molecule has 0 unspecified atom stereocenters. The average Bonchev–Trinajstić information content (AvgIpc) is 3.14. The van der Waals surface area contributed by atoms with Crippen molar-refractivity contribution in [2.24, 2.45) is 0 Å². The summed E-state index contributed by atoms with van der Waals surface area (Å²) in [5, 5.41) is 3.80. The number of methoxy groups -OCH3 is 2. The lowest BCUT2D eigenvalue weighted by molar-refractivity contribution is -0.137. The normalized spacial score (nSPS) is 9.86.